The van der Waals surface area contributed by atoms with Crippen LogP contribution in [-0.2, 0) is 9.16 Å². The fourth-order valence-electron chi connectivity index (χ4n) is 1.77. The van der Waals surface area contributed by atoms with Crippen molar-refractivity contribution in [2.24, 2.45) is 0 Å². The molecule has 1 rings (SSSR count). The standard InChI is InChI=1S/C16H24N2O7Si/c1-16(2,3)26(4,5)25-8-6-7-24-15(19)12-9-13(17(20)21)11-14(10-12)18(22)23/h9-11H,6-8H2,1-5H3. The van der Waals surface area contributed by atoms with Gasteiger partial charge in [0.25, 0.3) is 11.4 Å². The van der Waals surface area contributed by atoms with E-state index in [0.717, 1.165) is 18.2 Å². The van der Waals surface area contributed by atoms with E-state index < -0.39 is 35.5 Å². The van der Waals surface area contributed by atoms with Gasteiger partial charge >= 0.3 is 5.97 Å². The number of nitrogens with zero attached hydrogens (tertiary/aromatic N) is 2. The second-order valence-corrected chi connectivity index (χ2v) is 12.2. The van der Waals surface area contributed by atoms with Gasteiger partial charge in [0.05, 0.1) is 28.1 Å². The second-order valence-electron chi connectivity index (χ2n) is 7.35. The number of hydrogen-bond acceptors (Lipinski definition) is 7. The third-order valence-electron chi connectivity index (χ3n) is 4.35. The minimum atomic E-state index is -1.88. The molecule has 0 aliphatic rings. The fourth-order valence-corrected chi connectivity index (χ4v) is 2.86. The average Bonchev–Trinajstić information content (AvgIpc) is 2.52. The summed E-state index contributed by atoms with van der Waals surface area (Å²) in [5.74, 6) is -0.843. The summed E-state index contributed by atoms with van der Waals surface area (Å²) in [5, 5.41) is 21.8. The summed E-state index contributed by atoms with van der Waals surface area (Å²) in [4.78, 5) is 32.1. The van der Waals surface area contributed by atoms with Crippen molar-refractivity contribution < 1.29 is 23.8 Å². The fraction of sp³-hybridized carbons (Fsp3) is 0.562. The van der Waals surface area contributed by atoms with Gasteiger partial charge in [-0.1, -0.05) is 20.8 Å². The highest BCUT2D eigenvalue weighted by molar-refractivity contribution is 6.74. The van der Waals surface area contributed by atoms with Crippen molar-refractivity contribution >= 4 is 25.7 Å². The molecule has 0 unspecified atom stereocenters. The van der Waals surface area contributed by atoms with Crippen LogP contribution in [0.25, 0.3) is 0 Å². The molecule has 0 saturated carbocycles. The van der Waals surface area contributed by atoms with Crippen molar-refractivity contribution in [1.29, 1.82) is 0 Å². The topological polar surface area (TPSA) is 122 Å². The van der Waals surface area contributed by atoms with Crippen LogP contribution in [-0.4, -0.2) is 37.3 Å². The molecule has 9 nitrogen and oxygen atoms in total. The summed E-state index contributed by atoms with van der Waals surface area (Å²) in [5.41, 5.74) is -1.30. The molecule has 144 valence electrons. The van der Waals surface area contributed by atoms with E-state index >= 15 is 0 Å². The molecular formula is C16H24N2O7Si. The molecular weight excluding hydrogens is 360 g/mol. The van der Waals surface area contributed by atoms with Crippen molar-refractivity contribution in [3.63, 3.8) is 0 Å². The SMILES string of the molecule is CC(C)(C)[Si](C)(C)OCCCOC(=O)c1cc([N+](=O)[O-])cc([N+](=O)[O-])c1. The van der Waals surface area contributed by atoms with Crippen LogP contribution in [0, 0.1) is 20.2 Å². The molecule has 1 aromatic carbocycles. The molecule has 0 aromatic heterocycles. The van der Waals surface area contributed by atoms with Crippen LogP contribution in [0.4, 0.5) is 11.4 Å². The molecule has 0 amide bonds. The van der Waals surface area contributed by atoms with Crippen LogP contribution in [0.2, 0.25) is 18.1 Å². The van der Waals surface area contributed by atoms with Crippen molar-refractivity contribution in [2.45, 2.75) is 45.3 Å². The number of nitro benzene ring substituents is 2. The van der Waals surface area contributed by atoms with Crippen LogP contribution in [0.5, 0.6) is 0 Å². The maximum Gasteiger partial charge on any atom is 0.338 e. The number of non-ortho nitro benzene ring substituents is 2. The Labute approximate surface area is 152 Å². The Balaban J connectivity index is 2.64. The average molecular weight is 384 g/mol. The highest BCUT2D eigenvalue weighted by Crippen LogP contribution is 2.36. The molecule has 0 fully saturated rings. The third-order valence-corrected chi connectivity index (χ3v) is 8.89. The predicted octanol–water partition coefficient (Wildman–Crippen LogP) is 4.07. The van der Waals surface area contributed by atoms with Gasteiger partial charge in [0.1, 0.15) is 0 Å². The molecule has 0 heterocycles. The van der Waals surface area contributed by atoms with E-state index in [9.17, 15) is 25.0 Å². The Morgan fingerprint density at radius 3 is 1.96 bits per heavy atom. The van der Waals surface area contributed by atoms with Gasteiger partial charge in [-0.15, -0.1) is 0 Å². The lowest BCUT2D eigenvalue weighted by molar-refractivity contribution is -0.394. The number of nitro groups is 2. The molecule has 10 heteroatoms. The zero-order chi connectivity index (χ0) is 20.1. The Kier molecular flexibility index (Phi) is 6.98. The van der Waals surface area contributed by atoms with Gasteiger partial charge in [0.15, 0.2) is 8.32 Å². The van der Waals surface area contributed by atoms with Crippen molar-refractivity contribution in [3.8, 4) is 0 Å². The van der Waals surface area contributed by atoms with Crippen molar-refractivity contribution in [1.82, 2.24) is 0 Å². The van der Waals surface area contributed by atoms with Gasteiger partial charge in [-0.25, -0.2) is 4.79 Å². The quantitative estimate of drug-likeness (QED) is 0.218. The Bertz CT molecular complexity index is 666. The van der Waals surface area contributed by atoms with E-state index in [1.54, 1.807) is 0 Å². The highest BCUT2D eigenvalue weighted by Gasteiger charge is 2.36. The van der Waals surface area contributed by atoms with Crippen molar-refractivity contribution in [3.05, 3.63) is 44.0 Å². The van der Waals surface area contributed by atoms with Gasteiger partial charge in [-0.3, -0.25) is 20.2 Å². The Hall–Kier alpha value is -2.33. The van der Waals surface area contributed by atoms with Crippen molar-refractivity contribution in [2.75, 3.05) is 13.2 Å². The minimum absolute atomic E-state index is 0.0595. The molecule has 0 atom stereocenters. The molecule has 0 spiro atoms. The number of ether oxygens (including phenoxy) is 1. The number of benzene rings is 1. The predicted molar refractivity (Wildman–Crippen MR) is 97.8 cm³/mol. The Morgan fingerprint density at radius 1 is 1.04 bits per heavy atom. The summed E-state index contributed by atoms with van der Waals surface area (Å²) in [6.45, 7) is 11.1. The number of rotatable bonds is 8. The lowest BCUT2D eigenvalue weighted by Crippen LogP contribution is -2.41. The van der Waals surface area contributed by atoms with Gasteiger partial charge in [0.2, 0.25) is 0 Å². The first kappa shape index (κ1) is 21.7. The minimum Gasteiger partial charge on any atom is -0.462 e. The first-order valence-electron chi connectivity index (χ1n) is 8.10. The molecule has 0 N–H and O–H groups in total. The van der Waals surface area contributed by atoms with Crippen LogP contribution >= 0.6 is 0 Å². The zero-order valence-electron chi connectivity index (χ0n) is 15.6. The molecule has 26 heavy (non-hydrogen) atoms. The maximum atomic E-state index is 12.0. The number of esters is 1. The molecule has 0 aliphatic carbocycles. The van der Waals surface area contributed by atoms with E-state index in [4.69, 9.17) is 9.16 Å². The molecule has 0 saturated heterocycles. The van der Waals surface area contributed by atoms with E-state index in [1.807, 2.05) is 0 Å². The zero-order valence-corrected chi connectivity index (χ0v) is 16.6. The third kappa shape index (κ3) is 5.88. The van der Waals surface area contributed by atoms with Crippen LogP contribution in [0.1, 0.15) is 37.6 Å². The van der Waals surface area contributed by atoms with E-state index in [0.29, 0.717) is 13.0 Å². The van der Waals surface area contributed by atoms with Crippen LogP contribution < -0.4 is 0 Å². The Morgan fingerprint density at radius 2 is 1.54 bits per heavy atom. The van der Waals surface area contributed by atoms with E-state index in [-0.39, 0.29) is 17.2 Å². The maximum absolute atomic E-state index is 12.0. The first-order valence-corrected chi connectivity index (χ1v) is 11.0. The van der Waals surface area contributed by atoms with Gasteiger partial charge in [-0.05, 0) is 18.1 Å². The smallest absolute Gasteiger partial charge is 0.338 e. The summed E-state index contributed by atoms with van der Waals surface area (Å²) in [6.07, 6.45) is 0.468. The largest absolute Gasteiger partial charge is 0.462 e. The van der Waals surface area contributed by atoms with Crippen LogP contribution in [0.3, 0.4) is 0 Å². The molecule has 0 radical (unpaired) electrons. The second kappa shape index (κ2) is 8.36. The molecule has 0 aliphatic heterocycles. The normalized spacial score (nSPS) is 11.9. The lowest BCUT2D eigenvalue weighted by Gasteiger charge is -2.36. The van der Waals surface area contributed by atoms with Gasteiger partial charge < -0.3 is 9.16 Å². The van der Waals surface area contributed by atoms with Gasteiger partial charge in [-0.2, -0.15) is 0 Å². The summed E-state index contributed by atoms with van der Waals surface area (Å²) < 4.78 is 11.0. The molecule has 0 bridgehead atoms. The summed E-state index contributed by atoms with van der Waals surface area (Å²) >= 11 is 0. The number of carbonyl (C=O) groups is 1. The number of hydrogen-bond donors (Lipinski definition) is 0. The van der Waals surface area contributed by atoms with Crippen LogP contribution in [0.15, 0.2) is 18.2 Å². The number of carbonyl (C=O) groups excluding carboxylic acids is 1. The van der Waals surface area contributed by atoms with E-state index in [1.165, 1.54) is 0 Å². The molecule has 1 aromatic rings. The highest BCUT2D eigenvalue weighted by atomic mass is 28.4. The van der Waals surface area contributed by atoms with E-state index in [2.05, 4.69) is 33.9 Å². The lowest BCUT2D eigenvalue weighted by atomic mass is 10.2. The summed E-state index contributed by atoms with van der Waals surface area (Å²) in [6, 6.07) is 2.72. The van der Waals surface area contributed by atoms with Gasteiger partial charge in [0, 0.05) is 25.2 Å². The first-order chi connectivity index (χ1) is 11.8. The summed E-state index contributed by atoms with van der Waals surface area (Å²) in [7, 11) is -1.88. The monoisotopic (exact) mass is 384 g/mol.